The van der Waals surface area contributed by atoms with Gasteiger partial charge in [0.1, 0.15) is 29.2 Å². The zero-order valence-corrected chi connectivity index (χ0v) is 24.3. The molecule has 1 aromatic heterocycles. The summed E-state index contributed by atoms with van der Waals surface area (Å²) in [6.45, 7) is 14.4. The predicted molar refractivity (Wildman–Crippen MR) is 144 cm³/mol. The molecule has 2 bridgehead atoms. The van der Waals surface area contributed by atoms with Gasteiger partial charge in [0, 0.05) is 47.3 Å². The Morgan fingerprint density at radius 1 is 1.23 bits per heavy atom. The van der Waals surface area contributed by atoms with E-state index < -0.39 is 70.2 Å². The minimum atomic E-state index is -1.85. The summed E-state index contributed by atoms with van der Waals surface area (Å²) in [5.74, 6) is -3.74. The number of fused-ring (bicyclic) bond motifs is 5. The van der Waals surface area contributed by atoms with Gasteiger partial charge in [0.05, 0.1) is 12.7 Å². The minimum absolute atomic E-state index is 0.0339. The third-order valence-electron chi connectivity index (χ3n) is 10.3. The number of aliphatic hydroxyl groups is 3. The van der Waals surface area contributed by atoms with Crippen molar-refractivity contribution in [3.63, 3.8) is 0 Å². The van der Waals surface area contributed by atoms with Gasteiger partial charge in [-0.1, -0.05) is 32.4 Å². The summed E-state index contributed by atoms with van der Waals surface area (Å²) >= 11 is 1.30. The summed E-state index contributed by atoms with van der Waals surface area (Å²) in [5, 5.41) is 37.0. The highest BCUT2D eigenvalue weighted by Crippen LogP contribution is 2.63. The lowest BCUT2D eigenvalue weighted by Crippen LogP contribution is -2.77. The van der Waals surface area contributed by atoms with Crippen LogP contribution in [0.15, 0.2) is 28.7 Å². The number of ether oxygens (including phenoxy) is 3. The summed E-state index contributed by atoms with van der Waals surface area (Å²) < 4.78 is 17.3. The van der Waals surface area contributed by atoms with Crippen LogP contribution >= 0.6 is 11.3 Å². The SMILES string of the molecule is [CH][C@@H](c1cccs1)[C@@H](O)C(=O)OC1C[C@@]2(O)[C@@H](OC(C)=O)[C@@H]3[C@]4(O)CO[C@@H]4CC[C@@]3(C)C(=O)CC(=C1C)C2(C)C. The Kier molecular flexibility index (Phi) is 7.15. The van der Waals surface area contributed by atoms with Crippen molar-refractivity contribution in [2.75, 3.05) is 6.61 Å². The summed E-state index contributed by atoms with van der Waals surface area (Å²) in [7, 11) is 0. The molecule has 4 aliphatic rings. The lowest BCUT2D eigenvalue weighted by Gasteiger charge is -2.65. The van der Waals surface area contributed by atoms with Crippen molar-refractivity contribution in [3.05, 3.63) is 40.5 Å². The van der Waals surface area contributed by atoms with Gasteiger partial charge in [0.15, 0.2) is 6.10 Å². The van der Waals surface area contributed by atoms with E-state index in [1.54, 1.807) is 45.2 Å². The number of Topliss-reactive ketones (excluding diaryl/α,β-unsaturated/α-hetero) is 1. The predicted octanol–water partition coefficient (Wildman–Crippen LogP) is 2.74. The Hall–Kier alpha value is -2.11. The minimum Gasteiger partial charge on any atom is -0.459 e. The van der Waals surface area contributed by atoms with E-state index in [-0.39, 0.29) is 25.2 Å². The first kappa shape index (κ1) is 29.4. The molecule has 3 fully saturated rings. The standard InChI is InChI=1S/C30H38O9S/c1-15-18-12-21(32)28(6)10-9-22-29(35,14-37-22)24(28)25(38-17(3)31)30(36,27(18,4)5)13-19(15)39-26(34)23(33)16(2)20-8-7-11-40-20/h2,7-8,11,16,19,22-25,33,35-36H,9-10,12-14H2,1,3-6H3/t16-,19?,22+,23+,24-,25-,28-,29-,30+/m0/s1. The number of esters is 2. The molecule has 9 atom stereocenters. The molecule has 9 nitrogen and oxygen atoms in total. The van der Waals surface area contributed by atoms with Crippen LogP contribution in [0.5, 0.6) is 0 Å². The fraction of sp³-hybridized carbons (Fsp3) is 0.667. The van der Waals surface area contributed by atoms with E-state index in [4.69, 9.17) is 21.1 Å². The second-order valence-electron chi connectivity index (χ2n) is 12.7. The maximum atomic E-state index is 14.1. The molecular formula is C30H38O9S. The van der Waals surface area contributed by atoms with Gasteiger partial charge in [-0.25, -0.2) is 4.79 Å². The largest absolute Gasteiger partial charge is 0.459 e. The normalized spacial score (nSPS) is 40.0. The molecule has 0 aromatic carbocycles. The summed E-state index contributed by atoms with van der Waals surface area (Å²) in [6, 6.07) is 3.47. The first-order valence-electron chi connectivity index (χ1n) is 13.7. The number of thiophene rings is 1. The number of carbonyl (C=O) groups is 3. The smallest absolute Gasteiger partial charge is 0.336 e. The van der Waals surface area contributed by atoms with E-state index in [9.17, 15) is 29.7 Å². The Morgan fingerprint density at radius 2 is 1.93 bits per heavy atom. The van der Waals surface area contributed by atoms with E-state index in [2.05, 4.69) is 0 Å². The van der Waals surface area contributed by atoms with Crippen molar-refractivity contribution >= 4 is 29.1 Å². The molecule has 10 heteroatoms. The fourth-order valence-corrected chi connectivity index (χ4v) is 8.38. The highest BCUT2D eigenvalue weighted by atomic mass is 32.1. The first-order valence-corrected chi connectivity index (χ1v) is 14.6. The van der Waals surface area contributed by atoms with Crippen LogP contribution in [-0.4, -0.2) is 75.3 Å². The quantitative estimate of drug-likeness (QED) is 0.358. The molecule has 2 heterocycles. The molecule has 3 N–H and O–H groups in total. The molecule has 0 spiro atoms. The van der Waals surface area contributed by atoms with Crippen molar-refractivity contribution in [1.82, 2.24) is 0 Å². The van der Waals surface area contributed by atoms with Gasteiger partial charge in [-0.05, 0) is 43.7 Å². The van der Waals surface area contributed by atoms with Crippen LogP contribution in [0.1, 0.15) is 71.1 Å². The van der Waals surface area contributed by atoms with Crippen molar-refractivity contribution in [3.8, 4) is 0 Å². The lowest BCUT2D eigenvalue weighted by atomic mass is 9.46. The van der Waals surface area contributed by atoms with Crippen LogP contribution in [0.2, 0.25) is 0 Å². The number of hydrogen-bond donors (Lipinski definition) is 3. The van der Waals surface area contributed by atoms with Gasteiger partial charge in [-0.3, -0.25) is 9.59 Å². The molecule has 1 aliphatic heterocycles. The third-order valence-corrected chi connectivity index (χ3v) is 11.2. The van der Waals surface area contributed by atoms with Crippen LogP contribution in [0.25, 0.3) is 0 Å². The second-order valence-corrected chi connectivity index (χ2v) is 13.7. The molecule has 1 aromatic rings. The zero-order valence-electron chi connectivity index (χ0n) is 23.5. The first-order chi connectivity index (χ1) is 18.6. The maximum Gasteiger partial charge on any atom is 0.336 e. The number of hydrogen-bond acceptors (Lipinski definition) is 10. The topological polar surface area (TPSA) is 140 Å². The number of carbonyl (C=O) groups excluding carboxylic acids is 3. The van der Waals surface area contributed by atoms with E-state index in [0.29, 0.717) is 28.9 Å². The molecule has 2 radical (unpaired) electrons. The summed E-state index contributed by atoms with van der Waals surface area (Å²) in [5.41, 5.74) is -4.36. The van der Waals surface area contributed by atoms with Crippen molar-refractivity contribution in [2.24, 2.45) is 16.7 Å². The Balaban J connectivity index is 1.59. The Labute approximate surface area is 238 Å². The molecule has 40 heavy (non-hydrogen) atoms. The lowest BCUT2D eigenvalue weighted by molar-refractivity contribution is -0.329. The van der Waals surface area contributed by atoms with E-state index in [0.717, 1.165) is 0 Å². The van der Waals surface area contributed by atoms with Gasteiger partial charge in [0.2, 0.25) is 0 Å². The number of ketones is 1. The van der Waals surface area contributed by atoms with Crippen LogP contribution in [0, 0.1) is 23.7 Å². The van der Waals surface area contributed by atoms with Crippen LogP contribution in [0.3, 0.4) is 0 Å². The van der Waals surface area contributed by atoms with Gasteiger partial charge >= 0.3 is 11.9 Å². The van der Waals surface area contributed by atoms with Gasteiger partial charge in [0.25, 0.3) is 0 Å². The fourth-order valence-electron chi connectivity index (χ4n) is 7.62. The second kappa shape index (κ2) is 9.73. The number of rotatable bonds is 5. The highest BCUT2D eigenvalue weighted by Gasteiger charge is 2.73. The number of aliphatic hydroxyl groups excluding tert-OH is 1. The van der Waals surface area contributed by atoms with Crippen LogP contribution in [-0.2, 0) is 28.6 Å². The molecule has 1 saturated heterocycles. The average molecular weight is 575 g/mol. The molecule has 2 saturated carbocycles. The molecule has 0 amide bonds. The Bertz CT molecular complexity index is 1240. The zero-order chi connectivity index (χ0) is 29.4. The molecule has 1 unspecified atom stereocenters. The molecule has 5 rings (SSSR count). The van der Waals surface area contributed by atoms with E-state index in [1.165, 1.54) is 18.3 Å². The van der Waals surface area contributed by atoms with Gasteiger partial charge in [-0.15, -0.1) is 11.3 Å². The third kappa shape index (κ3) is 4.13. The highest BCUT2D eigenvalue weighted by molar-refractivity contribution is 7.10. The molecule has 218 valence electrons. The van der Waals surface area contributed by atoms with Gasteiger partial charge in [-0.2, -0.15) is 0 Å². The van der Waals surface area contributed by atoms with Crippen molar-refractivity contribution < 1.29 is 43.9 Å². The van der Waals surface area contributed by atoms with Crippen molar-refractivity contribution in [2.45, 2.75) is 102 Å². The monoisotopic (exact) mass is 574 g/mol. The van der Waals surface area contributed by atoms with E-state index in [1.807, 2.05) is 0 Å². The van der Waals surface area contributed by atoms with Crippen molar-refractivity contribution in [1.29, 1.82) is 0 Å². The maximum absolute atomic E-state index is 14.1. The molecular weight excluding hydrogens is 536 g/mol. The van der Waals surface area contributed by atoms with E-state index >= 15 is 0 Å². The summed E-state index contributed by atoms with van der Waals surface area (Å²) in [6.07, 6.45) is -3.91. The summed E-state index contributed by atoms with van der Waals surface area (Å²) in [4.78, 5) is 40.4. The van der Waals surface area contributed by atoms with Gasteiger partial charge < -0.3 is 29.5 Å². The van der Waals surface area contributed by atoms with Crippen LogP contribution in [0.4, 0.5) is 0 Å². The average Bonchev–Trinajstić information content (AvgIpc) is 3.41. The Morgan fingerprint density at radius 3 is 2.50 bits per heavy atom. The molecule has 3 aliphatic carbocycles. The van der Waals surface area contributed by atoms with Crippen LogP contribution < -0.4 is 0 Å².